The predicted octanol–water partition coefficient (Wildman–Crippen LogP) is 0.846. The fraction of sp³-hybridized carbons (Fsp3) is 0.846. The van der Waals surface area contributed by atoms with Crippen LogP contribution < -0.4 is 16.4 Å². The Bertz CT molecular complexity index is 336. The number of nitrogens with zero attached hydrogens (tertiary/aromatic N) is 1. The number of halogens is 1. The molecule has 1 aliphatic heterocycles. The first kappa shape index (κ1) is 19.0. The second-order valence-corrected chi connectivity index (χ2v) is 5.41. The van der Waals surface area contributed by atoms with Crippen LogP contribution in [0, 0.1) is 0 Å². The zero-order valence-electron chi connectivity index (χ0n) is 12.6. The number of hydrogen-bond acceptors (Lipinski definition) is 3. The van der Waals surface area contributed by atoms with Gasteiger partial charge in [0.05, 0.1) is 5.54 Å². The minimum absolute atomic E-state index is 0. The van der Waals surface area contributed by atoms with Crippen molar-refractivity contribution in [3.05, 3.63) is 0 Å². The standard InChI is InChI=1S/C13H26N4O2.ClH/c1-4-7-13(3,14)11(18)16-10-6-8-17(9-10)12(19)15-5-2;/h10H,4-9,14H2,1-3H3,(H,15,19)(H,16,18);1H. The molecule has 0 spiro atoms. The van der Waals surface area contributed by atoms with E-state index in [1.165, 1.54) is 0 Å². The molecule has 118 valence electrons. The maximum absolute atomic E-state index is 12.1. The lowest BCUT2D eigenvalue weighted by atomic mass is 9.96. The molecule has 0 aromatic carbocycles. The minimum atomic E-state index is -0.826. The van der Waals surface area contributed by atoms with Gasteiger partial charge in [0.15, 0.2) is 0 Å². The third-order valence-corrected chi connectivity index (χ3v) is 3.43. The van der Waals surface area contributed by atoms with Crippen molar-refractivity contribution in [3.8, 4) is 0 Å². The monoisotopic (exact) mass is 306 g/mol. The summed E-state index contributed by atoms with van der Waals surface area (Å²) in [6.45, 7) is 7.49. The zero-order valence-corrected chi connectivity index (χ0v) is 13.4. The van der Waals surface area contributed by atoms with Crippen molar-refractivity contribution < 1.29 is 9.59 Å². The minimum Gasteiger partial charge on any atom is -0.350 e. The molecular weight excluding hydrogens is 280 g/mol. The number of urea groups is 1. The Labute approximate surface area is 127 Å². The molecule has 1 fully saturated rings. The van der Waals surface area contributed by atoms with Crippen LogP contribution in [-0.4, -0.2) is 48.1 Å². The molecule has 4 N–H and O–H groups in total. The fourth-order valence-electron chi connectivity index (χ4n) is 2.31. The number of rotatable bonds is 5. The molecule has 3 amide bonds. The molecule has 1 heterocycles. The maximum atomic E-state index is 12.1. The van der Waals surface area contributed by atoms with Crippen molar-refractivity contribution in [1.82, 2.24) is 15.5 Å². The zero-order chi connectivity index (χ0) is 14.5. The van der Waals surface area contributed by atoms with Crippen molar-refractivity contribution in [1.29, 1.82) is 0 Å². The first-order valence-corrected chi connectivity index (χ1v) is 7.03. The van der Waals surface area contributed by atoms with Gasteiger partial charge in [0.2, 0.25) is 5.91 Å². The van der Waals surface area contributed by atoms with Crippen LogP contribution in [-0.2, 0) is 4.79 Å². The maximum Gasteiger partial charge on any atom is 0.317 e. The topological polar surface area (TPSA) is 87.5 Å². The summed E-state index contributed by atoms with van der Waals surface area (Å²) in [7, 11) is 0. The average molecular weight is 307 g/mol. The van der Waals surface area contributed by atoms with E-state index in [2.05, 4.69) is 10.6 Å². The van der Waals surface area contributed by atoms with Gasteiger partial charge in [-0.2, -0.15) is 0 Å². The second-order valence-electron chi connectivity index (χ2n) is 5.41. The summed E-state index contributed by atoms with van der Waals surface area (Å²) in [5.41, 5.74) is 5.16. The highest BCUT2D eigenvalue weighted by Crippen LogP contribution is 2.13. The van der Waals surface area contributed by atoms with E-state index in [1.54, 1.807) is 11.8 Å². The molecule has 1 rings (SSSR count). The SMILES string of the molecule is CCCC(C)(N)C(=O)NC1CCN(C(=O)NCC)C1.Cl. The van der Waals surface area contributed by atoms with Gasteiger partial charge in [0, 0.05) is 25.7 Å². The van der Waals surface area contributed by atoms with Crippen LogP contribution in [0.4, 0.5) is 4.79 Å². The van der Waals surface area contributed by atoms with Crippen molar-refractivity contribution in [3.63, 3.8) is 0 Å². The molecular formula is C13H27ClN4O2. The van der Waals surface area contributed by atoms with Crippen molar-refractivity contribution in [2.75, 3.05) is 19.6 Å². The van der Waals surface area contributed by atoms with E-state index in [1.807, 2.05) is 13.8 Å². The predicted molar refractivity (Wildman–Crippen MR) is 81.9 cm³/mol. The Balaban J connectivity index is 0.00000361. The van der Waals surface area contributed by atoms with E-state index in [0.29, 0.717) is 26.1 Å². The summed E-state index contributed by atoms with van der Waals surface area (Å²) in [5, 5.41) is 5.71. The summed E-state index contributed by atoms with van der Waals surface area (Å²) in [5.74, 6) is -0.128. The number of nitrogens with two attached hydrogens (primary N) is 1. The molecule has 0 saturated carbocycles. The first-order valence-electron chi connectivity index (χ1n) is 7.03. The van der Waals surface area contributed by atoms with Crippen LogP contribution in [0.5, 0.6) is 0 Å². The largest absolute Gasteiger partial charge is 0.350 e. The van der Waals surface area contributed by atoms with Gasteiger partial charge in [-0.1, -0.05) is 13.3 Å². The Morgan fingerprint density at radius 1 is 1.40 bits per heavy atom. The van der Waals surface area contributed by atoms with Gasteiger partial charge in [0.25, 0.3) is 0 Å². The lowest BCUT2D eigenvalue weighted by Gasteiger charge is -2.25. The van der Waals surface area contributed by atoms with Crippen molar-refractivity contribution in [2.45, 2.75) is 51.6 Å². The molecule has 7 heteroatoms. The third kappa shape index (κ3) is 5.17. The van der Waals surface area contributed by atoms with Crippen LogP contribution in [0.25, 0.3) is 0 Å². The Hall–Kier alpha value is -1.01. The van der Waals surface area contributed by atoms with Gasteiger partial charge in [-0.25, -0.2) is 4.79 Å². The van der Waals surface area contributed by atoms with E-state index in [4.69, 9.17) is 5.73 Å². The van der Waals surface area contributed by atoms with Gasteiger partial charge in [-0.3, -0.25) is 4.79 Å². The average Bonchev–Trinajstić information content (AvgIpc) is 2.77. The quantitative estimate of drug-likeness (QED) is 0.703. The van der Waals surface area contributed by atoms with E-state index in [-0.39, 0.29) is 30.4 Å². The number of carbonyl (C=O) groups excluding carboxylic acids is 2. The summed E-state index contributed by atoms with van der Waals surface area (Å²) >= 11 is 0. The van der Waals surface area contributed by atoms with Gasteiger partial charge in [-0.05, 0) is 26.7 Å². The van der Waals surface area contributed by atoms with E-state index in [0.717, 1.165) is 12.8 Å². The van der Waals surface area contributed by atoms with Gasteiger partial charge < -0.3 is 21.3 Å². The van der Waals surface area contributed by atoms with Crippen molar-refractivity contribution >= 4 is 24.3 Å². The van der Waals surface area contributed by atoms with Crippen LogP contribution >= 0.6 is 12.4 Å². The molecule has 0 bridgehead atoms. The highest BCUT2D eigenvalue weighted by Gasteiger charge is 2.32. The molecule has 2 atom stereocenters. The summed E-state index contributed by atoms with van der Waals surface area (Å²) < 4.78 is 0. The molecule has 0 aromatic rings. The van der Waals surface area contributed by atoms with Crippen LogP contribution in [0.2, 0.25) is 0 Å². The Morgan fingerprint density at radius 2 is 2.05 bits per heavy atom. The Kier molecular flexibility index (Phi) is 7.90. The van der Waals surface area contributed by atoms with E-state index < -0.39 is 5.54 Å². The fourth-order valence-corrected chi connectivity index (χ4v) is 2.31. The van der Waals surface area contributed by atoms with Crippen LogP contribution in [0.15, 0.2) is 0 Å². The van der Waals surface area contributed by atoms with Crippen LogP contribution in [0.3, 0.4) is 0 Å². The lowest BCUT2D eigenvalue weighted by Crippen LogP contribution is -2.54. The smallest absolute Gasteiger partial charge is 0.317 e. The lowest BCUT2D eigenvalue weighted by molar-refractivity contribution is -0.126. The molecule has 1 aliphatic rings. The van der Waals surface area contributed by atoms with Gasteiger partial charge >= 0.3 is 6.03 Å². The Morgan fingerprint density at radius 3 is 2.60 bits per heavy atom. The summed E-state index contributed by atoms with van der Waals surface area (Å²) in [6, 6.07) is -0.0573. The number of nitrogens with one attached hydrogen (secondary N) is 2. The number of likely N-dealkylation sites (tertiary alicyclic amines) is 1. The molecule has 1 saturated heterocycles. The highest BCUT2D eigenvalue weighted by molar-refractivity contribution is 5.86. The molecule has 0 aliphatic carbocycles. The molecule has 6 nitrogen and oxygen atoms in total. The molecule has 0 radical (unpaired) electrons. The summed E-state index contributed by atoms with van der Waals surface area (Å²) in [6.07, 6.45) is 2.31. The van der Waals surface area contributed by atoms with Gasteiger partial charge in [0.1, 0.15) is 0 Å². The molecule has 20 heavy (non-hydrogen) atoms. The highest BCUT2D eigenvalue weighted by atomic mass is 35.5. The molecule has 0 aromatic heterocycles. The number of amides is 3. The molecule has 2 unspecified atom stereocenters. The van der Waals surface area contributed by atoms with Crippen LogP contribution in [0.1, 0.15) is 40.0 Å². The third-order valence-electron chi connectivity index (χ3n) is 3.43. The second kappa shape index (κ2) is 8.32. The van der Waals surface area contributed by atoms with Crippen molar-refractivity contribution in [2.24, 2.45) is 5.73 Å². The first-order chi connectivity index (χ1) is 8.90. The number of carbonyl (C=O) groups is 2. The summed E-state index contributed by atoms with van der Waals surface area (Å²) in [4.78, 5) is 25.4. The van der Waals surface area contributed by atoms with E-state index >= 15 is 0 Å². The number of hydrogen-bond donors (Lipinski definition) is 3. The van der Waals surface area contributed by atoms with Gasteiger partial charge in [-0.15, -0.1) is 12.4 Å². The normalized spacial score (nSPS) is 20.8. The van der Waals surface area contributed by atoms with E-state index in [9.17, 15) is 9.59 Å².